The molecule has 2 N–H and O–H groups in total. The van der Waals surface area contributed by atoms with Gasteiger partial charge in [0.25, 0.3) is 11.8 Å². The summed E-state index contributed by atoms with van der Waals surface area (Å²) in [6.45, 7) is -0.141. The van der Waals surface area contributed by atoms with Gasteiger partial charge >= 0.3 is 0 Å². The number of fused-ring (bicyclic) bond motifs is 1. The Hall–Kier alpha value is -4.37. The lowest BCUT2D eigenvalue weighted by atomic mass is 10.2. The molecule has 4 rings (SSSR count). The Labute approximate surface area is 206 Å². The van der Waals surface area contributed by atoms with Gasteiger partial charge in [-0.25, -0.2) is 10.4 Å². The predicted molar refractivity (Wildman–Crippen MR) is 134 cm³/mol. The van der Waals surface area contributed by atoms with Gasteiger partial charge in [0.05, 0.1) is 41.4 Å². The van der Waals surface area contributed by atoms with Gasteiger partial charge in [0.15, 0.2) is 18.1 Å². The van der Waals surface area contributed by atoms with Crippen LogP contribution in [0.15, 0.2) is 78.2 Å². The number of hydrogen-bond acceptors (Lipinski definition) is 6. The van der Waals surface area contributed by atoms with Crippen molar-refractivity contribution in [3.63, 3.8) is 0 Å². The molecule has 0 unspecified atom stereocenters. The summed E-state index contributed by atoms with van der Waals surface area (Å²) in [4.78, 5) is 28.7. The number of nitrogens with zero attached hydrogens (tertiary/aromatic N) is 3. The summed E-state index contributed by atoms with van der Waals surface area (Å²) >= 11 is 6.05. The van der Waals surface area contributed by atoms with Crippen molar-refractivity contribution in [1.29, 1.82) is 0 Å². The van der Waals surface area contributed by atoms with Crippen LogP contribution in [0.3, 0.4) is 0 Å². The molecule has 178 valence electrons. The molecule has 3 aromatic carbocycles. The molecule has 1 aromatic heterocycles. The van der Waals surface area contributed by atoms with E-state index in [9.17, 15) is 9.59 Å². The third kappa shape index (κ3) is 6.15. The lowest BCUT2D eigenvalue weighted by Crippen LogP contribution is -2.22. The minimum atomic E-state index is -0.362. The van der Waals surface area contributed by atoms with Gasteiger partial charge in [-0.1, -0.05) is 35.9 Å². The number of hydrazone groups is 1. The van der Waals surface area contributed by atoms with Crippen LogP contribution in [-0.4, -0.2) is 41.3 Å². The molecule has 2 amide bonds. The average Bonchev–Trinajstić information content (AvgIpc) is 3.27. The first-order valence-corrected chi connectivity index (χ1v) is 11.0. The maximum absolute atomic E-state index is 12.3. The molecule has 0 aliphatic heterocycles. The van der Waals surface area contributed by atoms with E-state index in [1.165, 1.54) is 13.3 Å². The quantitative estimate of drug-likeness (QED) is 0.273. The Bertz CT molecular complexity index is 1390. The molecule has 0 spiro atoms. The van der Waals surface area contributed by atoms with Crippen molar-refractivity contribution < 1.29 is 19.1 Å². The number of imidazole rings is 1. The maximum atomic E-state index is 12.3. The number of anilines is 1. The summed E-state index contributed by atoms with van der Waals surface area (Å²) < 4.78 is 12.7. The molecule has 0 fully saturated rings. The fourth-order valence-electron chi connectivity index (χ4n) is 3.28. The number of hydrogen-bond donors (Lipinski definition) is 2. The van der Waals surface area contributed by atoms with Crippen LogP contribution in [-0.2, 0) is 16.1 Å². The molecule has 0 saturated heterocycles. The largest absolute Gasteiger partial charge is 0.493 e. The molecular formula is C25H22ClN5O4. The number of benzene rings is 3. The summed E-state index contributed by atoms with van der Waals surface area (Å²) in [6, 6.07) is 19.6. The molecule has 0 aliphatic rings. The molecule has 10 heteroatoms. The second-order valence-corrected chi connectivity index (χ2v) is 7.79. The molecule has 0 radical (unpaired) electrons. The van der Waals surface area contributed by atoms with Crippen molar-refractivity contribution in [3.05, 3.63) is 83.6 Å². The first kappa shape index (κ1) is 23.8. The molecular weight excluding hydrogens is 470 g/mol. The minimum absolute atomic E-state index is 0.0875. The molecule has 4 aromatic rings. The number of rotatable bonds is 9. The highest BCUT2D eigenvalue weighted by atomic mass is 35.5. The molecule has 1 heterocycles. The van der Waals surface area contributed by atoms with Gasteiger partial charge < -0.3 is 19.4 Å². The Morgan fingerprint density at radius 1 is 1.06 bits per heavy atom. The molecule has 9 nitrogen and oxygen atoms in total. The Morgan fingerprint density at radius 2 is 1.86 bits per heavy atom. The minimum Gasteiger partial charge on any atom is -0.493 e. The lowest BCUT2D eigenvalue weighted by Gasteiger charge is -2.12. The van der Waals surface area contributed by atoms with E-state index in [1.54, 1.807) is 53.4 Å². The van der Waals surface area contributed by atoms with E-state index in [2.05, 4.69) is 20.8 Å². The number of halogens is 1. The smallest absolute Gasteiger partial charge is 0.262 e. The van der Waals surface area contributed by atoms with Crippen molar-refractivity contribution in [3.8, 4) is 11.5 Å². The first-order chi connectivity index (χ1) is 17.0. The SMILES string of the molecule is COc1cc(/C=N/NC(=O)Cn2cnc3ccccc32)ccc1OCC(=O)Nc1ccccc1Cl. The third-order valence-electron chi connectivity index (χ3n) is 4.94. The number of para-hydroxylation sites is 3. The van der Waals surface area contributed by atoms with E-state index in [1.807, 2.05) is 24.3 Å². The van der Waals surface area contributed by atoms with Crippen LogP contribution in [0.25, 0.3) is 11.0 Å². The van der Waals surface area contributed by atoms with Gasteiger partial charge in [0.1, 0.15) is 6.54 Å². The standard InChI is InChI=1S/C25H22ClN5O4/c1-34-23-12-17(10-11-22(23)35-15-25(33)29-19-7-3-2-6-18(19)26)13-28-30-24(32)14-31-16-27-20-8-4-5-9-21(20)31/h2-13,16H,14-15H2,1H3,(H,29,33)(H,30,32)/b28-13+. The lowest BCUT2D eigenvalue weighted by molar-refractivity contribution is -0.121. The summed E-state index contributed by atoms with van der Waals surface area (Å²) in [5.74, 6) is 0.144. The number of carbonyl (C=O) groups excluding carboxylic acids is 2. The predicted octanol–water partition coefficient (Wildman–Crippen LogP) is 3.87. The fourth-order valence-corrected chi connectivity index (χ4v) is 3.46. The van der Waals surface area contributed by atoms with E-state index in [4.69, 9.17) is 21.1 Å². The third-order valence-corrected chi connectivity index (χ3v) is 5.27. The number of methoxy groups -OCH3 is 1. The van der Waals surface area contributed by atoms with E-state index >= 15 is 0 Å². The fraction of sp³-hybridized carbons (Fsp3) is 0.120. The second-order valence-electron chi connectivity index (χ2n) is 7.38. The average molecular weight is 492 g/mol. The maximum Gasteiger partial charge on any atom is 0.262 e. The summed E-state index contributed by atoms with van der Waals surface area (Å²) in [5.41, 5.74) is 5.36. The van der Waals surface area contributed by atoms with Crippen LogP contribution in [0, 0.1) is 0 Å². The van der Waals surface area contributed by atoms with Crippen LogP contribution >= 0.6 is 11.6 Å². The number of aromatic nitrogens is 2. The van der Waals surface area contributed by atoms with Gasteiger partial charge in [-0.3, -0.25) is 9.59 Å². The first-order valence-electron chi connectivity index (χ1n) is 10.6. The zero-order chi connectivity index (χ0) is 24.6. The van der Waals surface area contributed by atoms with Crippen LogP contribution < -0.4 is 20.2 Å². The van der Waals surface area contributed by atoms with E-state index < -0.39 is 0 Å². The van der Waals surface area contributed by atoms with Gasteiger partial charge in [-0.05, 0) is 48.0 Å². The summed E-state index contributed by atoms with van der Waals surface area (Å²) in [7, 11) is 1.49. The monoisotopic (exact) mass is 491 g/mol. The van der Waals surface area contributed by atoms with Crippen molar-refractivity contribution in [1.82, 2.24) is 15.0 Å². The Morgan fingerprint density at radius 3 is 2.69 bits per heavy atom. The van der Waals surface area contributed by atoms with Crippen LogP contribution in [0.5, 0.6) is 11.5 Å². The number of carbonyl (C=O) groups is 2. The van der Waals surface area contributed by atoms with Crippen molar-refractivity contribution in [2.45, 2.75) is 6.54 Å². The molecule has 0 aliphatic carbocycles. The highest BCUT2D eigenvalue weighted by Crippen LogP contribution is 2.28. The van der Waals surface area contributed by atoms with Crippen molar-refractivity contribution in [2.75, 3.05) is 19.0 Å². The normalized spacial score (nSPS) is 10.9. The van der Waals surface area contributed by atoms with Crippen LogP contribution in [0.2, 0.25) is 5.02 Å². The van der Waals surface area contributed by atoms with Crippen LogP contribution in [0.4, 0.5) is 5.69 Å². The van der Waals surface area contributed by atoms with E-state index in [-0.39, 0.29) is 25.0 Å². The summed E-state index contributed by atoms with van der Waals surface area (Å²) in [6.07, 6.45) is 3.10. The molecule has 0 saturated carbocycles. The van der Waals surface area contributed by atoms with Crippen molar-refractivity contribution in [2.24, 2.45) is 5.10 Å². The van der Waals surface area contributed by atoms with Gasteiger partial charge in [-0.2, -0.15) is 5.10 Å². The molecule has 0 bridgehead atoms. The molecule has 35 heavy (non-hydrogen) atoms. The highest BCUT2D eigenvalue weighted by molar-refractivity contribution is 6.33. The van der Waals surface area contributed by atoms with Gasteiger partial charge in [0.2, 0.25) is 0 Å². The van der Waals surface area contributed by atoms with Crippen molar-refractivity contribution >= 4 is 46.4 Å². The molecule has 0 atom stereocenters. The Balaban J connectivity index is 1.31. The van der Waals surface area contributed by atoms with Gasteiger partial charge in [0, 0.05) is 0 Å². The zero-order valence-corrected chi connectivity index (χ0v) is 19.5. The van der Waals surface area contributed by atoms with E-state index in [0.29, 0.717) is 27.8 Å². The van der Waals surface area contributed by atoms with Gasteiger partial charge in [-0.15, -0.1) is 0 Å². The zero-order valence-electron chi connectivity index (χ0n) is 18.8. The van der Waals surface area contributed by atoms with E-state index in [0.717, 1.165) is 11.0 Å². The second kappa shape index (κ2) is 11.2. The Kier molecular flexibility index (Phi) is 7.59. The highest BCUT2D eigenvalue weighted by Gasteiger charge is 2.10. The number of ether oxygens (including phenoxy) is 2. The van der Waals surface area contributed by atoms with Crippen LogP contribution in [0.1, 0.15) is 5.56 Å². The number of amides is 2. The number of nitrogens with one attached hydrogen (secondary N) is 2. The summed E-state index contributed by atoms with van der Waals surface area (Å²) in [5, 5.41) is 7.13. The topological polar surface area (TPSA) is 107 Å².